The first-order valence-corrected chi connectivity index (χ1v) is 10.5. The largest absolute Gasteiger partial charge is 0.389 e. The Balaban J connectivity index is 1.64. The van der Waals surface area contributed by atoms with Gasteiger partial charge in [-0.1, -0.05) is 53.5 Å². The Morgan fingerprint density at radius 3 is 2.41 bits per heavy atom. The average molecular weight is 405 g/mol. The highest BCUT2D eigenvalue weighted by atomic mass is 35.5. The molecule has 2 aromatic rings. The predicted molar refractivity (Wildman–Crippen MR) is 113 cm³/mol. The molecule has 3 nitrogen and oxygen atoms in total. The summed E-state index contributed by atoms with van der Waals surface area (Å²) in [4.78, 5) is 2.48. The predicted octanol–water partition coefficient (Wildman–Crippen LogP) is 4.56. The first-order chi connectivity index (χ1) is 13.0. The van der Waals surface area contributed by atoms with Crippen molar-refractivity contribution in [1.29, 1.82) is 0 Å². The maximum absolute atomic E-state index is 11.2. The molecule has 1 aliphatic heterocycles. The van der Waals surface area contributed by atoms with Gasteiger partial charge in [-0.2, -0.15) is 0 Å². The number of hydrogen-bond donors (Lipinski definition) is 2. The molecule has 0 aromatic heterocycles. The first kappa shape index (κ1) is 19.2. The maximum atomic E-state index is 11.2. The summed E-state index contributed by atoms with van der Waals surface area (Å²) in [5, 5.41) is 15.8. The molecule has 4 rings (SSSR count). The minimum atomic E-state index is -0.582. The van der Waals surface area contributed by atoms with Crippen molar-refractivity contribution in [2.45, 2.75) is 30.8 Å². The molecule has 1 saturated heterocycles. The van der Waals surface area contributed by atoms with Crippen LogP contribution in [0.3, 0.4) is 0 Å². The second-order valence-corrected chi connectivity index (χ2v) is 8.63. The van der Waals surface area contributed by atoms with Crippen molar-refractivity contribution in [3.8, 4) is 11.1 Å². The molecule has 2 fully saturated rings. The second-order valence-electron chi connectivity index (χ2n) is 7.81. The Kier molecular flexibility index (Phi) is 5.77. The third-order valence-corrected chi connectivity index (χ3v) is 6.80. The van der Waals surface area contributed by atoms with Gasteiger partial charge in [0, 0.05) is 38.6 Å². The minimum Gasteiger partial charge on any atom is -0.389 e. The van der Waals surface area contributed by atoms with Crippen molar-refractivity contribution in [3.63, 3.8) is 0 Å². The fraction of sp³-hybridized carbons (Fsp3) is 0.455. The van der Waals surface area contributed by atoms with Crippen molar-refractivity contribution in [2.24, 2.45) is 0 Å². The van der Waals surface area contributed by atoms with Crippen LogP contribution < -0.4 is 5.32 Å². The molecule has 0 radical (unpaired) electrons. The van der Waals surface area contributed by atoms with E-state index in [0.29, 0.717) is 10.0 Å². The summed E-state index contributed by atoms with van der Waals surface area (Å²) in [6.45, 7) is 5.03. The lowest BCUT2D eigenvalue weighted by Gasteiger charge is -2.46. The number of nitrogens with one attached hydrogen (secondary N) is 1. The number of hydrogen-bond acceptors (Lipinski definition) is 3. The topological polar surface area (TPSA) is 35.5 Å². The zero-order valence-electron chi connectivity index (χ0n) is 15.4. The van der Waals surface area contributed by atoms with Gasteiger partial charge < -0.3 is 15.3 Å². The SMILES string of the molecule is OC1(C(CN2CCNCC2)c2cccc(-c3ccc(Cl)c(Cl)c3)c2)CCC1. The van der Waals surface area contributed by atoms with Gasteiger partial charge in [0.2, 0.25) is 0 Å². The molecule has 1 unspecified atom stereocenters. The molecule has 0 amide bonds. The normalized spacial score (nSPS) is 20.9. The summed E-state index contributed by atoms with van der Waals surface area (Å²) >= 11 is 12.3. The standard InChI is InChI=1S/C22H26Cl2N2O/c23-20-6-5-17(14-21(20)24)16-3-1-4-18(13-16)19(22(27)7-2-8-22)15-26-11-9-25-10-12-26/h1,3-6,13-14,19,25,27H,2,7-12,15H2. The third kappa shape index (κ3) is 4.18. The Hall–Kier alpha value is -1.10. The van der Waals surface area contributed by atoms with Gasteiger partial charge in [-0.15, -0.1) is 0 Å². The number of piperazine rings is 1. The first-order valence-electron chi connectivity index (χ1n) is 9.76. The van der Waals surface area contributed by atoms with E-state index in [2.05, 4.69) is 34.5 Å². The van der Waals surface area contributed by atoms with E-state index in [1.54, 1.807) is 0 Å². The van der Waals surface area contributed by atoms with E-state index in [4.69, 9.17) is 23.2 Å². The van der Waals surface area contributed by atoms with E-state index in [0.717, 1.165) is 63.1 Å². The lowest BCUT2D eigenvalue weighted by atomic mass is 9.68. The number of halogens is 2. The number of aliphatic hydroxyl groups is 1. The summed E-state index contributed by atoms with van der Waals surface area (Å²) in [6, 6.07) is 14.3. The van der Waals surface area contributed by atoms with Crippen molar-refractivity contribution in [1.82, 2.24) is 10.2 Å². The van der Waals surface area contributed by atoms with E-state index in [-0.39, 0.29) is 5.92 Å². The molecule has 144 valence electrons. The fourth-order valence-corrected chi connectivity index (χ4v) is 4.53. The Bertz CT molecular complexity index is 801. The van der Waals surface area contributed by atoms with E-state index in [1.807, 2.05) is 18.2 Å². The maximum Gasteiger partial charge on any atom is 0.0728 e. The zero-order chi connectivity index (χ0) is 18.9. The van der Waals surface area contributed by atoms with Gasteiger partial charge in [0.25, 0.3) is 0 Å². The molecule has 0 spiro atoms. The van der Waals surface area contributed by atoms with Crippen LogP contribution >= 0.6 is 23.2 Å². The monoisotopic (exact) mass is 404 g/mol. The zero-order valence-corrected chi connectivity index (χ0v) is 16.9. The summed E-state index contributed by atoms with van der Waals surface area (Å²) in [5.74, 6) is 0.132. The van der Waals surface area contributed by atoms with Gasteiger partial charge >= 0.3 is 0 Å². The van der Waals surface area contributed by atoms with Gasteiger partial charge in [-0.3, -0.25) is 0 Å². The van der Waals surface area contributed by atoms with Crippen LogP contribution in [0.5, 0.6) is 0 Å². The summed E-state index contributed by atoms with van der Waals surface area (Å²) < 4.78 is 0. The average Bonchev–Trinajstić information content (AvgIpc) is 2.67. The smallest absolute Gasteiger partial charge is 0.0728 e. The van der Waals surface area contributed by atoms with Crippen LogP contribution in [0.2, 0.25) is 10.0 Å². The van der Waals surface area contributed by atoms with Gasteiger partial charge in [0.1, 0.15) is 0 Å². The summed E-state index contributed by atoms with van der Waals surface area (Å²) in [7, 11) is 0. The van der Waals surface area contributed by atoms with Gasteiger partial charge in [-0.25, -0.2) is 0 Å². The van der Waals surface area contributed by atoms with Gasteiger partial charge in [-0.05, 0) is 48.1 Å². The number of benzene rings is 2. The van der Waals surface area contributed by atoms with E-state index < -0.39 is 5.60 Å². The minimum absolute atomic E-state index is 0.132. The van der Waals surface area contributed by atoms with Gasteiger partial charge in [0.05, 0.1) is 15.6 Å². The highest BCUT2D eigenvalue weighted by molar-refractivity contribution is 6.42. The molecule has 1 heterocycles. The number of rotatable bonds is 5. The highest BCUT2D eigenvalue weighted by Gasteiger charge is 2.43. The van der Waals surface area contributed by atoms with Gasteiger partial charge in [0.15, 0.2) is 0 Å². The van der Waals surface area contributed by atoms with Crippen LogP contribution in [0.15, 0.2) is 42.5 Å². The Morgan fingerprint density at radius 1 is 1.00 bits per heavy atom. The van der Waals surface area contributed by atoms with E-state index in [1.165, 1.54) is 5.56 Å². The third-order valence-electron chi connectivity index (χ3n) is 6.06. The molecule has 27 heavy (non-hydrogen) atoms. The van der Waals surface area contributed by atoms with Crippen LogP contribution in [-0.4, -0.2) is 48.3 Å². The molecular formula is C22H26Cl2N2O. The summed E-state index contributed by atoms with van der Waals surface area (Å²) in [5.41, 5.74) is 2.78. The van der Waals surface area contributed by atoms with Crippen LogP contribution in [0.1, 0.15) is 30.7 Å². The molecule has 1 saturated carbocycles. The van der Waals surface area contributed by atoms with Crippen LogP contribution in [0, 0.1) is 0 Å². The molecule has 5 heteroatoms. The second kappa shape index (κ2) is 8.10. The van der Waals surface area contributed by atoms with Crippen LogP contribution in [0.4, 0.5) is 0 Å². The van der Waals surface area contributed by atoms with Crippen LogP contribution in [0.25, 0.3) is 11.1 Å². The molecule has 0 bridgehead atoms. The molecule has 1 atom stereocenters. The van der Waals surface area contributed by atoms with Crippen LogP contribution in [-0.2, 0) is 0 Å². The molecule has 2 N–H and O–H groups in total. The lowest BCUT2D eigenvalue weighted by Crippen LogP contribution is -2.51. The highest BCUT2D eigenvalue weighted by Crippen LogP contribution is 2.44. The molecular weight excluding hydrogens is 379 g/mol. The quantitative estimate of drug-likeness (QED) is 0.766. The Labute approximate surface area is 171 Å². The number of nitrogens with zero attached hydrogens (tertiary/aromatic N) is 1. The van der Waals surface area contributed by atoms with Crippen molar-refractivity contribution >= 4 is 23.2 Å². The fourth-order valence-electron chi connectivity index (χ4n) is 4.24. The van der Waals surface area contributed by atoms with E-state index in [9.17, 15) is 5.11 Å². The van der Waals surface area contributed by atoms with Crippen molar-refractivity contribution in [2.75, 3.05) is 32.7 Å². The van der Waals surface area contributed by atoms with Crippen molar-refractivity contribution in [3.05, 3.63) is 58.1 Å². The molecule has 1 aliphatic carbocycles. The van der Waals surface area contributed by atoms with E-state index >= 15 is 0 Å². The molecule has 2 aromatic carbocycles. The summed E-state index contributed by atoms with van der Waals surface area (Å²) in [6.07, 6.45) is 2.89. The molecule has 2 aliphatic rings. The Morgan fingerprint density at radius 2 is 1.74 bits per heavy atom. The van der Waals surface area contributed by atoms with Crippen molar-refractivity contribution < 1.29 is 5.11 Å². The lowest BCUT2D eigenvalue weighted by molar-refractivity contribution is -0.0652.